The van der Waals surface area contributed by atoms with Crippen LogP contribution in [0.3, 0.4) is 0 Å². The monoisotopic (exact) mass is 506 g/mol. The Balaban J connectivity index is 1.59. The Labute approximate surface area is 222 Å². The van der Waals surface area contributed by atoms with Gasteiger partial charge in [0, 0.05) is 22.5 Å². The van der Waals surface area contributed by atoms with Gasteiger partial charge in [-0.25, -0.2) is 0 Å². The predicted molar refractivity (Wildman–Crippen MR) is 148 cm³/mol. The standard InChI is InChI=1S/C32H30N2O4/c1-4-7-20-10-12-21(13-11-20)30(36)28-29(19(2)35)34-26-16-15-23(38-3)18-22(26)14-17-27(34)32(28)24-8-5-6-9-25(24)33-31(32)37/h5-6,8-18,27-29H,4,7H2,1-3H3,(H,33,37). The molecule has 3 aromatic carbocycles. The van der Waals surface area contributed by atoms with Gasteiger partial charge < -0.3 is 15.0 Å². The Hall–Kier alpha value is -4.19. The Bertz CT molecular complexity index is 1490. The maximum absolute atomic E-state index is 14.5. The summed E-state index contributed by atoms with van der Waals surface area (Å²) >= 11 is 0. The number of hydrogen-bond acceptors (Lipinski definition) is 5. The van der Waals surface area contributed by atoms with Gasteiger partial charge in [-0.15, -0.1) is 0 Å². The molecule has 0 aliphatic carbocycles. The summed E-state index contributed by atoms with van der Waals surface area (Å²) in [6.45, 7) is 3.64. The van der Waals surface area contributed by atoms with Gasteiger partial charge in [-0.1, -0.05) is 68.0 Å². The third kappa shape index (κ3) is 3.29. The van der Waals surface area contributed by atoms with Crippen LogP contribution in [0.5, 0.6) is 5.75 Å². The molecule has 4 atom stereocenters. The topological polar surface area (TPSA) is 75.7 Å². The fraction of sp³-hybridized carbons (Fsp3) is 0.281. The Morgan fingerprint density at radius 1 is 1.05 bits per heavy atom. The number of fused-ring (bicyclic) bond motifs is 6. The van der Waals surface area contributed by atoms with Crippen molar-refractivity contribution in [2.75, 3.05) is 17.3 Å². The van der Waals surface area contributed by atoms with Crippen molar-refractivity contribution in [1.29, 1.82) is 0 Å². The Kier molecular flexibility index (Phi) is 5.71. The molecule has 1 fully saturated rings. The zero-order valence-electron chi connectivity index (χ0n) is 21.7. The average molecular weight is 507 g/mol. The van der Waals surface area contributed by atoms with Crippen molar-refractivity contribution in [3.05, 3.63) is 95.1 Å². The van der Waals surface area contributed by atoms with Gasteiger partial charge in [-0.2, -0.15) is 0 Å². The number of anilines is 2. The van der Waals surface area contributed by atoms with Crippen molar-refractivity contribution in [2.24, 2.45) is 5.92 Å². The lowest BCUT2D eigenvalue weighted by Crippen LogP contribution is -2.51. The number of methoxy groups -OCH3 is 1. The van der Waals surface area contributed by atoms with Crippen molar-refractivity contribution >= 4 is 34.9 Å². The van der Waals surface area contributed by atoms with Crippen LogP contribution in [0.25, 0.3) is 6.08 Å². The largest absolute Gasteiger partial charge is 0.497 e. The summed E-state index contributed by atoms with van der Waals surface area (Å²) in [4.78, 5) is 44.1. The van der Waals surface area contributed by atoms with Crippen molar-refractivity contribution in [2.45, 2.75) is 44.2 Å². The molecule has 0 bridgehead atoms. The van der Waals surface area contributed by atoms with Crippen molar-refractivity contribution in [3.8, 4) is 5.75 Å². The molecule has 4 unspecified atom stereocenters. The Morgan fingerprint density at radius 2 is 1.82 bits per heavy atom. The van der Waals surface area contributed by atoms with E-state index in [9.17, 15) is 14.4 Å². The number of benzene rings is 3. The maximum Gasteiger partial charge on any atom is 0.238 e. The smallest absolute Gasteiger partial charge is 0.238 e. The summed E-state index contributed by atoms with van der Waals surface area (Å²) in [5.74, 6) is -0.813. The van der Waals surface area contributed by atoms with E-state index in [4.69, 9.17) is 4.74 Å². The van der Waals surface area contributed by atoms with E-state index in [1.807, 2.05) is 83.8 Å². The number of para-hydroxylation sites is 1. The second kappa shape index (κ2) is 8.98. The maximum atomic E-state index is 14.5. The van der Waals surface area contributed by atoms with Crippen LogP contribution in [0.1, 0.15) is 47.3 Å². The summed E-state index contributed by atoms with van der Waals surface area (Å²) in [5, 5.41) is 3.04. The zero-order valence-corrected chi connectivity index (χ0v) is 21.7. The van der Waals surface area contributed by atoms with E-state index < -0.39 is 23.4 Å². The van der Waals surface area contributed by atoms with E-state index in [1.165, 1.54) is 6.92 Å². The highest BCUT2D eigenvalue weighted by Crippen LogP contribution is 2.57. The number of carbonyl (C=O) groups is 3. The lowest BCUT2D eigenvalue weighted by atomic mass is 9.64. The molecule has 3 aliphatic heterocycles. The highest BCUT2D eigenvalue weighted by Gasteiger charge is 2.69. The lowest BCUT2D eigenvalue weighted by molar-refractivity contribution is -0.122. The fourth-order valence-electron chi connectivity index (χ4n) is 6.74. The third-order valence-electron chi connectivity index (χ3n) is 8.32. The normalized spacial score (nSPS) is 24.6. The first kappa shape index (κ1) is 24.2. The van der Waals surface area contributed by atoms with Gasteiger partial charge in [0.25, 0.3) is 0 Å². The number of rotatable bonds is 6. The van der Waals surface area contributed by atoms with E-state index in [2.05, 4.69) is 12.2 Å². The quantitative estimate of drug-likeness (QED) is 0.465. The highest BCUT2D eigenvalue weighted by molar-refractivity contribution is 6.16. The van der Waals surface area contributed by atoms with Crippen LogP contribution in [0.15, 0.2) is 72.8 Å². The van der Waals surface area contributed by atoms with Crippen molar-refractivity contribution in [1.82, 2.24) is 0 Å². The summed E-state index contributed by atoms with van der Waals surface area (Å²) in [7, 11) is 1.61. The minimum Gasteiger partial charge on any atom is -0.497 e. The number of nitrogens with zero attached hydrogens (tertiary/aromatic N) is 1. The highest BCUT2D eigenvalue weighted by atomic mass is 16.5. The van der Waals surface area contributed by atoms with Crippen molar-refractivity contribution in [3.63, 3.8) is 0 Å². The number of nitrogens with one attached hydrogen (secondary N) is 1. The molecule has 0 radical (unpaired) electrons. The van der Waals surface area contributed by atoms with E-state index >= 15 is 0 Å². The number of ether oxygens (including phenoxy) is 1. The van der Waals surface area contributed by atoms with E-state index in [0.29, 0.717) is 17.0 Å². The first-order valence-corrected chi connectivity index (χ1v) is 13.1. The van der Waals surface area contributed by atoms with Crippen molar-refractivity contribution < 1.29 is 19.1 Å². The molecule has 192 valence electrons. The van der Waals surface area contributed by atoms with E-state index in [-0.39, 0.29) is 17.5 Å². The molecule has 1 spiro atoms. The molecule has 0 aromatic heterocycles. The minimum atomic E-state index is -1.26. The SMILES string of the molecule is CCCc1ccc(C(=O)C2C(C(C)=O)N3c4ccc(OC)cc4C=CC3C23C(=O)Nc2ccccc23)cc1. The molecule has 0 saturated carbocycles. The summed E-state index contributed by atoms with van der Waals surface area (Å²) in [5.41, 5.74) is 3.53. The molecule has 6 rings (SSSR count). The molecule has 3 aromatic rings. The number of carbonyl (C=O) groups excluding carboxylic acids is 3. The zero-order chi connectivity index (χ0) is 26.6. The minimum absolute atomic E-state index is 0.151. The number of amides is 1. The fourth-order valence-corrected chi connectivity index (χ4v) is 6.74. The van der Waals surface area contributed by atoms with Crippen LogP contribution in [0, 0.1) is 5.92 Å². The molecule has 6 heteroatoms. The van der Waals surface area contributed by atoms with Crippen LogP contribution < -0.4 is 15.0 Å². The molecule has 6 nitrogen and oxygen atoms in total. The second-order valence-corrected chi connectivity index (χ2v) is 10.3. The second-order valence-electron chi connectivity index (χ2n) is 10.3. The van der Waals surface area contributed by atoms with E-state index in [1.54, 1.807) is 7.11 Å². The van der Waals surface area contributed by atoms with Gasteiger partial charge in [0.2, 0.25) is 5.91 Å². The van der Waals surface area contributed by atoms with Gasteiger partial charge in [-0.3, -0.25) is 14.4 Å². The van der Waals surface area contributed by atoms with Crippen LogP contribution in [0.2, 0.25) is 0 Å². The predicted octanol–water partition coefficient (Wildman–Crippen LogP) is 5.21. The molecular formula is C32H30N2O4. The lowest BCUT2D eigenvalue weighted by Gasteiger charge is -2.37. The molecule has 1 N–H and O–H groups in total. The number of hydrogen-bond donors (Lipinski definition) is 1. The molecular weight excluding hydrogens is 476 g/mol. The van der Waals surface area contributed by atoms with Gasteiger partial charge in [0.05, 0.1) is 25.1 Å². The molecule has 1 saturated heterocycles. The van der Waals surface area contributed by atoms with Crippen LogP contribution in [0.4, 0.5) is 11.4 Å². The van der Waals surface area contributed by atoms with Crippen LogP contribution in [-0.2, 0) is 21.4 Å². The molecule has 38 heavy (non-hydrogen) atoms. The van der Waals surface area contributed by atoms with Gasteiger partial charge in [0.1, 0.15) is 11.2 Å². The van der Waals surface area contributed by atoms with E-state index in [0.717, 1.165) is 35.2 Å². The summed E-state index contributed by atoms with van der Waals surface area (Å²) in [6, 6.07) is 19.5. The van der Waals surface area contributed by atoms with Gasteiger partial charge in [-0.05, 0) is 48.7 Å². The van der Waals surface area contributed by atoms with Gasteiger partial charge >= 0.3 is 0 Å². The third-order valence-corrected chi connectivity index (χ3v) is 8.32. The van der Waals surface area contributed by atoms with Crippen LogP contribution >= 0.6 is 0 Å². The summed E-state index contributed by atoms with van der Waals surface area (Å²) < 4.78 is 5.43. The molecule has 3 aliphatic rings. The summed E-state index contributed by atoms with van der Waals surface area (Å²) in [6.07, 6.45) is 5.87. The number of aryl methyl sites for hydroxylation is 1. The average Bonchev–Trinajstić information content (AvgIpc) is 3.41. The molecule has 3 heterocycles. The number of Topliss-reactive ketones (excluding diaryl/α,β-unsaturated/α-hetero) is 2. The Morgan fingerprint density at radius 3 is 2.53 bits per heavy atom. The first-order valence-electron chi connectivity index (χ1n) is 13.1. The number of ketones is 2. The van der Waals surface area contributed by atoms with Crippen LogP contribution in [-0.4, -0.2) is 36.7 Å². The van der Waals surface area contributed by atoms with Gasteiger partial charge in [0.15, 0.2) is 11.6 Å². The molecule has 1 amide bonds. The first-order chi connectivity index (χ1) is 18.4.